The average molecular weight is 439 g/mol. The highest BCUT2D eigenvalue weighted by Crippen LogP contribution is 2.40. The average Bonchev–Trinajstić information content (AvgIpc) is 3.04. The quantitative estimate of drug-likeness (QED) is 0.367. The zero-order valence-corrected chi connectivity index (χ0v) is 19.0. The van der Waals surface area contributed by atoms with Gasteiger partial charge in [0.15, 0.2) is 0 Å². The number of hydrogen-bond acceptors (Lipinski definition) is 6. The molecule has 0 bridgehead atoms. The molecule has 1 atom stereocenters. The monoisotopic (exact) mass is 438 g/mol. The van der Waals surface area contributed by atoms with Crippen LogP contribution in [0.4, 0.5) is 0 Å². The van der Waals surface area contributed by atoms with Crippen molar-refractivity contribution in [3.63, 3.8) is 0 Å². The summed E-state index contributed by atoms with van der Waals surface area (Å²) in [7, 11) is 5.49. The van der Waals surface area contributed by atoms with Crippen molar-refractivity contribution < 1.29 is 24.2 Å². The third kappa shape index (κ3) is 4.94. The summed E-state index contributed by atoms with van der Waals surface area (Å²) in [6.45, 7) is 3.52. The Hall–Kier alpha value is -3.32. The van der Waals surface area contributed by atoms with Crippen molar-refractivity contribution in [3.8, 4) is 11.5 Å². The molecule has 0 saturated carbocycles. The van der Waals surface area contributed by atoms with Crippen LogP contribution in [0.2, 0.25) is 0 Å². The summed E-state index contributed by atoms with van der Waals surface area (Å²) < 4.78 is 10.8. The Bertz CT molecular complexity index is 998. The Kier molecular flexibility index (Phi) is 7.53. The highest BCUT2D eigenvalue weighted by Gasteiger charge is 2.45. The molecule has 170 valence electrons. The SMILES string of the molecule is CCOc1cccc(/C(O)=C2\C(=O)C(=O)N(CCCN(C)C)C2c2ccc(OC)cc2)c1. The molecule has 0 radical (unpaired) electrons. The van der Waals surface area contributed by atoms with E-state index in [0.29, 0.717) is 36.6 Å². The summed E-state index contributed by atoms with van der Waals surface area (Å²) in [5.41, 5.74) is 1.25. The summed E-state index contributed by atoms with van der Waals surface area (Å²) in [5.74, 6) is -0.247. The van der Waals surface area contributed by atoms with Crippen LogP contribution in [0.25, 0.3) is 5.76 Å². The van der Waals surface area contributed by atoms with Gasteiger partial charge in [-0.05, 0) is 63.8 Å². The van der Waals surface area contributed by atoms with Gasteiger partial charge < -0.3 is 24.4 Å². The van der Waals surface area contributed by atoms with E-state index >= 15 is 0 Å². The van der Waals surface area contributed by atoms with Crippen LogP contribution in [0.15, 0.2) is 54.1 Å². The Morgan fingerprint density at radius 3 is 2.44 bits per heavy atom. The number of ketones is 1. The second-order valence-corrected chi connectivity index (χ2v) is 7.88. The number of carbonyl (C=O) groups is 2. The van der Waals surface area contributed by atoms with Gasteiger partial charge in [0.25, 0.3) is 11.7 Å². The fraction of sp³-hybridized carbons (Fsp3) is 0.360. The Balaban J connectivity index is 2.08. The number of carbonyl (C=O) groups excluding carboxylic acids is 2. The maximum Gasteiger partial charge on any atom is 0.295 e. The molecule has 1 N–H and O–H groups in total. The van der Waals surface area contributed by atoms with Crippen LogP contribution >= 0.6 is 0 Å². The number of rotatable bonds is 9. The number of benzene rings is 2. The van der Waals surface area contributed by atoms with E-state index in [4.69, 9.17) is 9.47 Å². The van der Waals surface area contributed by atoms with E-state index in [1.165, 1.54) is 0 Å². The first-order chi connectivity index (χ1) is 15.4. The molecule has 1 aliphatic rings. The highest BCUT2D eigenvalue weighted by atomic mass is 16.5. The topological polar surface area (TPSA) is 79.3 Å². The minimum Gasteiger partial charge on any atom is -0.507 e. The van der Waals surface area contributed by atoms with Crippen molar-refractivity contribution in [2.75, 3.05) is 40.9 Å². The van der Waals surface area contributed by atoms with Crippen LogP contribution < -0.4 is 9.47 Å². The molecule has 1 fully saturated rings. The van der Waals surface area contributed by atoms with Gasteiger partial charge in [0.1, 0.15) is 17.3 Å². The van der Waals surface area contributed by atoms with Gasteiger partial charge >= 0.3 is 0 Å². The number of aliphatic hydroxyl groups is 1. The summed E-state index contributed by atoms with van der Waals surface area (Å²) in [6, 6.07) is 13.4. The molecule has 7 nitrogen and oxygen atoms in total. The lowest BCUT2D eigenvalue weighted by atomic mass is 9.95. The Labute approximate surface area is 188 Å². The van der Waals surface area contributed by atoms with Gasteiger partial charge in [0, 0.05) is 12.1 Å². The zero-order valence-electron chi connectivity index (χ0n) is 19.0. The molecule has 1 saturated heterocycles. The molecule has 1 unspecified atom stereocenters. The molecular formula is C25H30N2O5. The van der Waals surface area contributed by atoms with E-state index in [9.17, 15) is 14.7 Å². The number of methoxy groups -OCH3 is 1. The number of nitrogens with zero attached hydrogens (tertiary/aromatic N) is 2. The predicted octanol–water partition coefficient (Wildman–Crippen LogP) is 3.47. The zero-order chi connectivity index (χ0) is 23.3. The lowest BCUT2D eigenvalue weighted by molar-refractivity contribution is -0.139. The molecule has 2 aromatic rings. The van der Waals surface area contributed by atoms with E-state index in [-0.39, 0.29) is 11.3 Å². The third-order valence-corrected chi connectivity index (χ3v) is 5.39. The smallest absolute Gasteiger partial charge is 0.295 e. The standard InChI is InChI=1S/C25H30N2O5/c1-5-32-20-9-6-8-18(16-20)23(28)21-22(17-10-12-19(31-4)13-11-17)27(25(30)24(21)29)15-7-14-26(2)3/h6,8-13,16,22,28H,5,7,14-15H2,1-4H3/b23-21+. The van der Waals surface area contributed by atoms with Crippen molar-refractivity contribution >= 4 is 17.4 Å². The summed E-state index contributed by atoms with van der Waals surface area (Å²) >= 11 is 0. The van der Waals surface area contributed by atoms with Crippen LogP contribution in [-0.2, 0) is 9.59 Å². The minimum absolute atomic E-state index is 0.0821. The van der Waals surface area contributed by atoms with Crippen molar-refractivity contribution in [2.24, 2.45) is 0 Å². The molecule has 1 amide bonds. The molecule has 1 aliphatic heterocycles. The van der Waals surface area contributed by atoms with Crippen molar-refractivity contribution in [3.05, 3.63) is 65.2 Å². The van der Waals surface area contributed by atoms with E-state index in [1.54, 1.807) is 48.4 Å². The van der Waals surface area contributed by atoms with Crippen molar-refractivity contribution in [2.45, 2.75) is 19.4 Å². The molecule has 32 heavy (non-hydrogen) atoms. The molecule has 7 heteroatoms. The molecule has 0 aliphatic carbocycles. The van der Waals surface area contributed by atoms with Gasteiger partial charge in [-0.2, -0.15) is 0 Å². The van der Waals surface area contributed by atoms with Crippen molar-refractivity contribution in [1.29, 1.82) is 0 Å². The number of aliphatic hydroxyl groups excluding tert-OH is 1. The van der Waals surface area contributed by atoms with Gasteiger partial charge in [0.05, 0.1) is 25.3 Å². The van der Waals surface area contributed by atoms with E-state index in [0.717, 1.165) is 12.1 Å². The number of ether oxygens (including phenoxy) is 2. The largest absolute Gasteiger partial charge is 0.507 e. The van der Waals surface area contributed by atoms with Crippen LogP contribution in [0.1, 0.15) is 30.5 Å². The fourth-order valence-electron chi connectivity index (χ4n) is 3.86. The van der Waals surface area contributed by atoms with E-state index in [1.807, 2.05) is 38.1 Å². The summed E-state index contributed by atoms with van der Waals surface area (Å²) in [4.78, 5) is 29.6. The Morgan fingerprint density at radius 2 is 1.81 bits per heavy atom. The number of hydrogen-bond donors (Lipinski definition) is 1. The summed E-state index contributed by atoms with van der Waals surface area (Å²) in [5, 5.41) is 11.2. The van der Waals surface area contributed by atoms with Gasteiger partial charge in [-0.25, -0.2) is 0 Å². The normalized spacial score (nSPS) is 17.8. The van der Waals surface area contributed by atoms with Gasteiger partial charge in [-0.1, -0.05) is 24.3 Å². The van der Waals surface area contributed by atoms with E-state index < -0.39 is 17.7 Å². The highest BCUT2D eigenvalue weighted by molar-refractivity contribution is 6.46. The molecule has 0 spiro atoms. The van der Waals surface area contributed by atoms with Gasteiger partial charge in [0.2, 0.25) is 0 Å². The fourth-order valence-corrected chi connectivity index (χ4v) is 3.86. The molecule has 2 aromatic carbocycles. The minimum atomic E-state index is -0.685. The van der Waals surface area contributed by atoms with Crippen molar-refractivity contribution in [1.82, 2.24) is 9.80 Å². The number of likely N-dealkylation sites (tertiary alicyclic amines) is 1. The number of amides is 1. The summed E-state index contributed by atoms with van der Waals surface area (Å²) in [6.07, 6.45) is 0.701. The third-order valence-electron chi connectivity index (χ3n) is 5.39. The Morgan fingerprint density at radius 1 is 1.09 bits per heavy atom. The maximum absolute atomic E-state index is 13.1. The molecule has 3 rings (SSSR count). The first-order valence-electron chi connectivity index (χ1n) is 10.7. The molecule has 1 heterocycles. The molecule has 0 aromatic heterocycles. The lowest BCUT2D eigenvalue weighted by Gasteiger charge is -2.26. The van der Waals surface area contributed by atoms with Crippen LogP contribution in [0, 0.1) is 0 Å². The van der Waals surface area contributed by atoms with Crippen LogP contribution in [0.3, 0.4) is 0 Å². The maximum atomic E-state index is 13.1. The lowest BCUT2D eigenvalue weighted by Crippen LogP contribution is -2.32. The first-order valence-corrected chi connectivity index (χ1v) is 10.7. The predicted molar refractivity (Wildman–Crippen MR) is 123 cm³/mol. The first kappa shape index (κ1) is 23.3. The van der Waals surface area contributed by atoms with Crippen LogP contribution in [0.5, 0.6) is 11.5 Å². The van der Waals surface area contributed by atoms with E-state index in [2.05, 4.69) is 0 Å². The molecular weight excluding hydrogens is 408 g/mol. The second kappa shape index (κ2) is 10.3. The van der Waals surface area contributed by atoms with Gasteiger partial charge in [-0.15, -0.1) is 0 Å². The number of Topliss-reactive ketones (excluding diaryl/α,β-unsaturated/α-hetero) is 1. The van der Waals surface area contributed by atoms with Gasteiger partial charge in [-0.3, -0.25) is 9.59 Å². The second-order valence-electron chi connectivity index (χ2n) is 7.88. The van der Waals surface area contributed by atoms with Crippen LogP contribution in [-0.4, -0.2) is 67.5 Å².